The highest BCUT2D eigenvalue weighted by atomic mass is 35.5. The molecule has 0 fully saturated rings. The molecule has 0 saturated carbocycles. The number of thiophene rings is 1. The molecule has 0 radical (unpaired) electrons. The zero-order valence-electron chi connectivity index (χ0n) is 12.6. The molecule has 0 saturated heterocycles. The first-order chi connectivity index (χ1) is 11.5. The summed E-state index contributed by atoms with van der Waals surface area (Å²) in [5.74, 6) is 0.371. The van der Waals surface area contributed by atoms with E-state index in [1.165, 1.54) is 23.5 Å². The normalized spacial score (nSPS) is 11.1. The van der Waals surface area contributed by atoms with E-state index in [0.717, 1.165) is 15.8 Å². The molecule has 7 heteroatoms. The lowest BCUT2D eigenvalue weighted by molar-refractivity contribution is -0.117. The van der Waals surface area contributed by atoms with Crippen LogP contribution in [0.3, 0.4) is 0 Å². The smallest absolute Gasteiger partial charge is 0.281 e. The Morgan fingerprint density at radius 2 is 1.96 bits per heavy atom. The van der Waals surface area contributed by atoms with Gasteiger partial charge >= 0.3 is 0 Å². The van der Waals surface area contributed by atoms with Crippen LogP contribution in [-0.2, 0) is 4.79 Å². The second-order valence-corrected chi connectivity index (χ2v) is 6.40. The lowest BCUT2D eigenvalue weighted by Gasteiger charge is -2.03. The van der Waals surface area contributed by atoms with E-state index in [4.69, 9.17) is 16.0 Å². The molecule has 0 unspecified atom stereocenters. The monoisotopic (exact) mass is 360 g/mol. The maximum absolute atomic E-state index is 12.2. The van der Waals surface area contributed by atoms with Crippen LogP contribution in [0.2, 0.25) is 5.02 Å². The first kappa shape index (κ1) is 16.3. The minimum atomic E-state index is -0.477. The van der Waals surface area contributed by atoms with E-state index in [2.05, 4.69) is 10.9 Å². The van der Waals surface area contributed by atoms with Crippen molar-refractivity contribution in [2.75, 3.05) is 0 Å². The van der Waals surface area contributed by atoms with Gasteiger partial charge in [0, 0.05) is 16.2 Å². The number of carbonyl (C=O) groups excluding carboxylic acids is 2. The van der Waals surface area contributed by atoms with Crippen molar-refractivity contribution in [3.8, 4) is 0 Å². The van der Waals surface area contributed by atoms with Gasteiger partial charge in [-0.25, -0.2) is 0 Å². The Morgan fingerprint density at radius 1 is 1.17 bits per heavy atom. The minimum absolute atomic E-state index is 0.351. The Morgan fingerprint density at radius 3 is 2.67 bits per heavy atom. The van der Waals surface area contributed by atoms with Gasteiger partial charge in [0.2, 0.25) is 0 Å². The Kier molecular flexibility index (Phi) is 4.69. The Hall–Kier alpha value is -2.57. The fourth-order valence-corrected chi connectivity index (χ4v) is 3.49. The number of carbonyl (C=O) groups is 2. The molecule has 0 aliphatic carbocycles. The summed E-state index contributed by atoms with van der Waals surface area (Å²) in [6.07, 6.45) is 2.78. The van der Waals surface area contributed by atoms with Crippen molar-refractivity contribution in [2.24, 2.45) is 0 Å². The number of hydrogen-bond acceptors (Lipinski definition) is 4. The predicted octanol–water partition coefficient (Wildman–Crippen LogP) is 3.93. The fraction of sp³-hybridized carbons (Fsp3) is 0.0588. The third kappa shape index (κ3) is 3.50. The van der Waals surface area contributed by atoms with Gasteiger partial charge in [0.25, 0.3) is 11.8 Å². The SMILES string of the molecule is Cc1ccc(/C=C/C(=O)NNC(=O)c2sc3ccccc3c2Cl)o1. The molecule has 2 N–H and O–H groups in total. The van der Waals surface area contributed by atoms with Gasteiger partial charge < -0.3 is 4.42 Å². The summed E-state index contributed by atoms with van der Waals surface area (Å²) in [4.78, 5) is 24.3. The van der Waals surface area contributed by atoms with Gasteiger partial charge in [-0.15, -0.1) is 11.3 Å². The average Bonchev–Trinajstić information content (AvgIpc) is 3.15. The fourth-order valence-electron chi connectivity index (χ4n) is 2.08. The van der Waals surface area contributed by atoms with Crippen molar-refractivity contribution in [1.29, 1.82) is 0 Å². The number of hydrogen-bond donors (Lipinski definition) is 2. The van der Waals surface area contributed by atoms with Crippen molar-refractivity contribution in [2.45, 2.75) is 6.92 Å². The summed E-state index contributed by atoms with van der Waals surface area (Å²) in [6.45, 7) is 1.81. The van der Waals surface area contributed by atoms with E-state index in [9.17, 15) is 9.59 Å². The van der Waals surface area contributed by atoms with Crippen LogP contribution >= 0.6 is 22.9 Å². The van der Waals surface area contributed by atoms with E-state index in [1.54, 1.807) is 12.1 Å². The van der Waals surface area contributed by atoms with E-state index < -0.39 is 11.8 Å². The van der Waals surface area contributed by atoms with E-state index in [1.807, 2.05) is 31.2 Å². The van der Waals surface area contributed by atoms with Crippen LogP contribution in [0.25, 0.3) is 16.2 Å². The van der Waals surface area contributed by atoms with Crippen LogP contribution in [0, 0.1) is 6.92 Å². The summed E-state index contributed by atoms with van der Waals surface area (Å²) in [7, 11) is 0. The molecule has 0 atom stereocenters. The maximum atomic E-state index is 12.2. The quantitative estimate of drug-likeness (QED) is 0.549. The third-order valence-electron chi connectivity index (χ3n) is 3.20. The maximum Gasteiger partial charge on any atom is 0.281 e. The number of benzene rings is 1. The number of furan rings is 1. The average molecular weight is 361 g/mol. The second-order valence-electron chi connectivity index (χ2n) is 4.97. The number of amides is 2. The lowest BCUT2D eigenvalue weighted by atomic mass is 10.2. The number of aryl methyl sites for hydroxylation is 1. The Bertz CT molecular complexity index is 942. The summed E-state index contributed by atoms with van der Waals surface area (Å²) in [6, 6.07) is 11.0. The first-order valence-corrected chi connectivity index (χ1v) is 8.26. The van der Waals surface area contributed by atoms with Crippen molar-refractivity contribution < 1.29 is 14.0 Å². The van der Waals surface area contributed by atoms with Crippen LogP contribution in [0.1, 0.15) is 21.2 Å². The topological polar surface area (TPSA) is 71.3 Å². The van der Waals surface area contributed by atoms with E-state index in [-0.39, 0.29) is 0 Å². The molecule has 2 aromatic heterocycles. The van der Waals surface area contributed by atoms with Gasteiger partial charge in [0.05, 0.1) is 5.02 Å². The van der Waals surface area contributed by atoms with Gasteiger partial charge in [0.15, 0.2) is 0 Å². The summed E-state index contributed by atoms with van der Waals surface area (Å²) in [5, 5.41) is 1.19. The van der Waals surface area contributed by atoms with Crippen molar-refractivity contribution in [1.82, 2.24) is 10.9 Å². The van der Waals surface area contributed by atoms with Crippen LogP contribution in [0.4, 0.5) is 0 Å². The van der Waals surface area contributed by atoms with Crippen molar-refractivity contribution in [3.05, 3.63) is 63.9 Å². The molecular weight excluding hydrogens is 348 g/mol. The number of fused-ring (bicyclic) bond motifs is 1. The summed E-state index contributed by atoms with van der Waals surface area (Å²) >= 11 is 7.49. The molecule has 122 valence electrons. The molecular formula is C17H13ClN2O3S. The number of rotatable bonds is 3. The Balaban J connectivity index is 1.63. The number of nitrogens with one attached hydrogen (secondary N) is 2. The van der Waals surface area contributed by atoms with Crippen LogP contribution < -0.4 is 10.9 Å². The molecule has 0 aliphatic heterocycles. The molecule has 0 aliphatic rings. The van der Waals surface area contributed by atoms with Gasteiger partial charge in [-0.05, 0) is 31.2 Å². The molecule has 1 aromatic carbocycles. The van der Waals surface area contributed by atoms with Gasteiger partial charge in [-0.2, -0.15) is 0 Å². The number of hydrazine groups is 1. The standard InChI is InChI=1S/C17H13ClN2O3S/c1-10-6-7-11(23-10)8-9-14(21)19-20-17(22)16-15(18)12-4-2-3-5-13(12)24-16/h2-9H,1H3,(H,19,21)(H,20,22)/b9-8+. The molecule has 5 nitrogen and oxygen atoms in total. The zero-order valence-corrected chi connectivity index (χ0v) is 14.2. The predicted molar refractivity (Wildman–Crippen MR) is 94.9 cm³/mol. The van der Waals surface area contributed by atoms with E-state index >= 15 is 0 Å². The van der Waals surface area contributed by atoms with Gasteiger partial charge in [-0.3, -0.25) is 20.4 Å². The highest BCUT2D eigenvalue weighted by molar-refractivity contribution is 7.21. The van der Waals surface area contributed by atoms with Crippen LogP contribution in [0.15, 0.2) is 46.9 Å². The van der Waals surface area contributed by atoms with Crippen LogP contribution in [0.5, 0.6) is 0 Å². The molecule has 3 aromatic rings. The van der Waals surface area contributed by atoms with Crippen molar-refractivity contribution in [3.63, 3.8) is 0 Å². The molecule has 24 heavy (non-hydrogen) atoms. The molecule has 0 bridgehead atoms. The zero-order chi connectivity index (χ0) is 17.1. The van der Waals surface area contributed by atoms with Gasteiger partial charge in [0.1, 0.15) is 16.4 Å². The number of halogens is 1. The molecule has 3 rings (SSSR count). The molecule has 2 heterocycles. The molecule has 0 spiro atoms. The largest absolute Gasteiger partial charge is 0.462 e. The van der Waals surface area contributed by atoms with Crippen LogP contribution in [-0.4, -0.2) is 11.8 Å². The highest BCUT2D eigenvalue weighted by Crippen LogP contribution is 2.34. The lowest BCUT2D eigenvalue weighted by Crippen LogP contribution is -2.40. The third-order valence-corrected chi connectivity index (χ3v) is 4.87. The van der Waals surface area contributed by atoms with E-state index in [0.29, 0.717) is 15.7 Å². The second kappa shape index (κ2) is 6.90. The van der Waals surface area contributed by atoms with Crippen molar-refractivity contribution >= 4 is 50.9 Å². The Labute approximate surface area is 146 Å². The summed E-state index contributed by atoms with van der Waals surface area (Å²) in [5.41, 5.74) is 4.66. The first-order valence-electron chi connectivity index (χ1n) is 7.06. The minimum Gasteiger partial charge on any atom is -0.462 e. The van der Waals surface area contributed by atoms with Gasteiger partial charge in [-0.1, -0.05) is 29.8 Å². The summed E-state index contributed by atoms with van der Waals surface area (Å²) < 4.78 is 6.22. The highest BCUT2D eigenvalue weighted by Gasteiger charge is 2.16. The molecule has 2 amide bonds.